The van der Waals surface area contributed by atoms with Gasteiger partial charge in [-0.05, 0) is 28.1 Å². The quantitative estimate of drug-likeness (QED) is 0.711. The molecule has 1 nitrogen and oxygen atoms in total. The minimum atomic E-state index is -0.587. The summed E-state index contributed by atoms with van der Waals surface area (Å²) < 4.78 is 26.9. The molecule has 0 aliphatic heterocycles. The molecule has 0 fully saturated rings. The summed E-state index contributed by atoms with van der Waals surface area (Å²) in [4.78, 5) is 3.76. The molecule has 0 bridgehead atoms. The zero-order valence-corrected chi connectivity index (χ0v) is 9.03. The Bertz CT molecular complexity index is 516. The summed E-state index contributed by atoms with van der Waals surface area (Å²) in [7, 11) is 0. The number of aromatic nitrogens is 1. The van der Waals surface area contributed by atoms with Crippen LogP contribution >= 0.6 is 27.5 Å². The number of benzene rings is 1. The molecule has 2 rings (SSSR count). The summed E-state index contributed by atoms with van der Waals surface area (Å²) >= 11 is 8.90. The summed E-state index contributed by atoms with van der Waals surface area (Å²) in [5, 5.41) is 0.132. The van der Waals surface area contributed by atoms with Crippen LogP contribution in [0.25, 0.3) is 10.9 Å². The first-order valence-corrected chi connectivity index (χ1v) is 4.86. The Hall–Kier alpha value is -0.740. The lowest BCUT2D eigenvalue weighted by Crippen LogP contribution is -1.89. The lowest BCUT2D eigenvalue weighted by Gasteiger charge is -2.03. The molecule has 0 radical (unpaired) electrons. The number of rotatable bonds is 0. The first-order chi connectivity index (χ1) is 6.61. The van der Waals surface area contributed by atoms with Crippen LogP contribution in [0.1, 0.15) is 0 Å². The van der Waals surface area contributed by atoms with Gasteiger partial charge in [0.15, 0.2) is 0 Å². The molecular formula is C9H3BrClF2N. The van der Waals surface area contributed by atoms with Gasteiger partial charge in [-0.3, -0.25) is 4.98 Å². The number of pyridine rings is 1. The zero-order valence-electron chi connectivity index (χ0n) is 6.69. The minimum Gasteiger partial charge on any atom is -0.252 e. The number of hydrogen-bond acceptors (Lipinski definition) is 1. The molecule has 0 amide bonds. The van der Waals surface area contributed by atoms with E-state index in [1.54, 1.807) is 0 Å². The van der Waals surface area contributed by atoms with Gasteiger partial charge in [-0.25, -0.2) is 8.78 Å². The Kier molecular flexibility index (Phi) is 2.41. The highest BCUT2D eigenvalue weighted by Gasteiger charge is 2.12. The Morgan fingerprint density at radius 2 is 1.86 bits per heavy atom. The van der Waals surface area contributed by atoms with E-state index in [9.17, 15) is 8.78 Å². The molecule has 0 atom stereocenters. The first-order valence-electron chi connectivity index (χ1n) is 3.69. The largest absolute Gasteiger partial charge is 0.252 e. The topological polar surface area (TPSA) is 12.9 Å². The molecule has 5 heteroatoms. The summed E-state index contributed by atoms with van der Waals surface area (Å²) in [5.74, 6) is -1.17. The number of hydrogen-bond donors (Lipinski definition) is 0. The van der Waals surface area contributed by atoms with E-state index in [1.165, 1.54) is 6.20 Å². The highest BCUT2D eigenvalue weighted by Crippen LogP contribution is 2.32. The third-order valence-corrected chi connectivity index (χ3v) is 3.04. The molecule has 14 heavy (non-hydrogen) atoms. The zero-order chi connectivity index (χ0) is 10.3. The predicted molar refractivity (Wildman–Crippen MR) is 54.4 cm³/mol. The molecule has 72 valence electrons. The van der Waals surface area contributed by atoms with Crippen LogP contribution in [0.3, 0.4) is 0 Å². The maximum absolute atomic E-state index is 13.3. The summed E-state index contributed by atoms with van der Waals surface area (Å²) in [5.41, 5.74) is -0.0572. The third kappa shape index (κ3) is 1.38. The third-order valence-electron chi connectivity index (χ3n) is 1.81. The van der Waals surface area contributed by atoms with Crippen molar-refractivity contribution >= 4 is 38.4 Å². The summed E-state index contributed by atoms with van der Waals surface area (Å²) in [6, 6.07) is 2.05. The van der Waals surface area contributed by atoms with E-state index in [1.807, 2.05) is 0 Å². The Morgan fingerprint density at radius 3 is 2.57 bits per heavy atom. The lowest BCUT2D eigenvalue weighted by atomic mass is 10.2. The van der Waals surface area contributed by atoms with E-state index in [-0.39, 0.29) is 15.9 Å². The van der Waals surface area contributed by atoms with Crippen molar-refractivity contribution in [2.75, 3.05) is 0 Å². The summed E-state index contributed by atoms with van der Waals surface area (Å²) in [6.45, 7) is 0. The van der Waals surface area contributed by atoms with Crippen LogP contribution in [-0.2, 0) is 0 Å². The fourth-order valence-electron chi connectivity index (χ4n) is 1.17. The van der Waals surface area contributed by atoms with E-state index in [4.69, 9.17) is 11.6 Å². The second-order valence-electron chi connectivity index (χ2n) is 2.67. The van der Waals surface area contributed by atoms with E-state index in [0.717, 1.165) is 12.1 Å². The van der Waals surface area contributed by atoms with Crippen LogP contribution in [-0.4, -0.2) is 4.98 Å². The van der Waals surface area contributed by atoms with Gasteiger partial charge in [-0.15, -0.1) is 0 Å². The normalized spacial score (nSPS) is 10.9. The molecule has 2 aromatic rings. The van der Waals surface area contributed by atoms with Crippen LogP contribution in [0, 0.1) is 11.6 Å². The molecule has 0 aliphatic rings. The average Bonchev–Trinajstić information content (AvgIpc) is 2.16. The average molecular weight is 278 g/mol. The maximum atomic E-state index is 13.3. The molecule has 0 saturated carbocycles. The van der Waals surface area contributed by atoms with E-state index >= 15 is 0 Å². The van der Waals surface area contributed by atoms with E-state index in [0.29, 0.717) is 4.47 Å². The maximum Gasteiger partial charge on any atom is 0.149 e. The number of fused-ring (bicyclic) bond motifs is 1. The first kappa shape index (κ1) is 9.80. The Morgan fingerprint density at radius 1 is 1.21 bits per heavy atom. The fourth-order valence-corrected chi connectivity index (χ4v) is 1.70. The highest BCUT2D eigenvalue weighted by molar-refractivity contribution is 9.10. The molecule has 0 spiro atoms. The SMILES string of the molecule is Fc1ccc(F)c2c(Cl)c(Br)cnc12. The smallest absolute Gasteiger partial charge is 0.149 e. The van der Waals surface area contributed by atoms with E-state index in [2.05, 4.69) is 20.9 Å². The van der Waals surface area contributed by atoms with Crippen LogP contribution in [0.15, 0.2) is 22.8 Å². The van der Waals surface area contributed by atoms with Gasteiger partial charge < -0.3 is 0 Å². The van der Waals surface area contributed by atoms with Gasteiger partial charge in [0.2, 0.25) is 0 Å². The van der Waals surface area contributed by atoms with Gasteiger partial charge in [-0.1, -0.05) is 11.6 Å². The Balaban J connectivity index is 3.01. The van der Waals surface area contributed by atoms with Crippen LogP contribution in [0.5, 0.6) is 0 Å². The molecule has 0 saturated heterocycles. The molecule has 0 N–H and O–H groups in total. The van der Waals surface area contributed by atoms with Gasteiger partial charge in [-0.2, -0.15) is 0 Å². The molecule has 0 unspecified atom stereocenters. The van der Waals surface area contributed by atoms with Gasteiger partial charge in [0.05, 0.1) is 14.9 Å². The monoisotopic (exact) mass is 277 g/mol. The van der Waals surface area contributed by atoms with Crippen LogP contribution < -0.4 is 0 Å². The molecule has 1 aromatic carbocycles. The second kappa shape index (κ2) is 3.44. The molecular weight excluding hydrogens is 275 g/mol. The van der Waals surface area contributed by atoms with Crippen molar-refractivity contribution in [2.45, 2.75) is 0 Å². The molecule has 1 aromatic heterocycles. The summed E-state index contributed by atoms with van der Waals surface area (Å²) in [6.07, 6.45) is 1.34. The van der Waals surface area contributed by atoms with Crippen molar-refractivity contribution in [3.8, 4) is 0 Å². The van der Waals surface area contributed by atoms with Crippen molar-refractivity contribution in [3.05, 3.63) is 39.5 Å². The van der Waals surface area contributed by atoms with E-state index < -0.39 is 11.6 Å². The van der Waals surface area contributed by atoms with Crippen molar-refractivity contribution in [3.63, 3.8) is 0 Å². The molecule has 0 aliphatic carbocycles. The van der Waals surface area contributed by atoms with Gasteiger partial charge in [0, 0.05) is 6.20 Å². The van der Waals surface area contributed by atoms with Crippen molar-refractivity contribution in [1.29, 1.82) is 0 Å². The second-order valence-corrected chi connectivity index (χ2v) is 3.91. The highest BCUT2D eigenvalue weighted by atomic mass is 79.9. The van der Waals surface area contributed by atoms with Crippen molar-refractivity contribution in [1.82, 2.24) is 4.98 Å². The van der Waals surface area contributed by atoms with Crippen molar-refractivity contribution < 1.29 is 8.78 Å². The number of nitrogens with zero attached hydrogens (tertiary/aromatic N) is 1. The standard InChI is InChI=1S/C9H3BrClF2N/c10-4-3-14-9-6(13)2-1-5(12)7(9)8(4)11/h1-3H. The van der Waals surface area contributed by atoms with Crippen LogP contribution in [0.2, 0.25) is 5.02 Å². The Labute approximate surface area is 91.8 Å². The van der Waals surface area contributed by atoms with Crippen LogP contribution in [0.4, 0.5) is 8.78 Å². The van der Waals surface area contributed by atoms with Gasteiger partial charge in [0.1, 0.15) is 17.2 Å². The lowest BCUT2D eigenvalue weighted by molar-refractivity contribution is 0.615. The number of halogens is 4. The van der Waals surface area contributed by atoms with Crippen molar-refractivity contribution in [2.24, 2.45) is 0 Å². The predicted octanol–water partition coefficient (Wildman–Crippen LogP) is 3.93. The van der Waals surface area contributed by atoms with Gasteiger partial charge >= 0.3 is 0 Å². The molecule has 1 heterocycles. The minimum absolute atomic E-state index is 0.000965. The fraction of sp³-hybridized carbons (Fsp3) is 0. The van der Waals surface area contributed by atoms with Gasteiger partial charge in [0.25, 0.3) is 0 Å².